The minimum atomic E-state index is 0.424. The van der Waals surface area contributed by atoms with Gasteiger partial charge < -0.3 is 19.4 Å². The first-order valence-electron chi connectivity index (χ1n) is 8.07. The molecule has 0 unspecified atom stereocenters. The van der Waals surface area contributed by atoms with Crippen molar-refractivity contribution < 1.29 is 9.47 Å². The van der Waals surface area contributed by atoms with Gasteiger partial charge in [0.2, 0.25) is 0 Å². The predicted molar refractivity (Wildman–Crippen MR) is 91.5 cm³/mol. The van der Waals surface area contributed by atoms with Crippen LogP contribution in [-0.2, 0) is 0 Å². The van der Waals surface area contributed by atoms with Gasteiger partial charge in [0.25, 0.3) is 0 Å². The van der Waals surface area contributed by atoms with Crippen molar-refractivity contribution in [2.75, 3.05) is 26.3 Å². The number of nitrogens with one attached hydrogen (secondary N) is 1. The molecule has 0 aliphatic carbocycles. The van der Waals surface area contributed by atoms with E-state index < -0.39 is 0 Å². The summed E-state index contributed by atoms with van der Waals surface area (Å²) in [6.07, 6.45) is 4.96. The number of hydrogen-bond donors (Lipinski definition) is 1. The molecule has 0 amide bonds. The molecular weight excluding hydrogens is 314 g/mol. The first-order chi connectivity index (χ1) is 11.2. The van der Waals surface area contributed by atoms with Gasteiger partial charge in [0.05, 0.1) is 18.2 Å². The van der Waals surface area contributed by atoms with Gasteiger partial charge in [0.15, 0.2) is 11.5 Å². The molecular formula is C17H22ClN3O2. The number of benzene rings is 1. The number of imidazole rings is 1. The van der Waals surface area contributed by atoms with Crippen LogP contribution in [0.3, 0.4) is 0 Å². The van der Waals surface area contributed by atoms with Crippen LogP contribution in [0.5, 0.6) is 11.5 Å². The Kier molecular flexibility index (Phi) is 5.08. The number of rotatable bonds is 6. The van der Waals surface area contributed by atoms with Crippen molar-refractivity contribution in [1.82, 2.24) is 14.9 Å². The summed E-state index contributed by atoms with van der Waals surface area (Å²) in [4.78, 5) is 4.53. The third-order valence-electron chi connectivity index (χ3n) is 3.95. The third-order valence-corrected chi connectivity index (χ3v) is 4.23. The Morgan fingerprint density at radius 3 is 2.83 bits per heavy atom. The molecule has 1 aliphatic heterocycles. The first-order valence-corrected chi connectivity index (χ1v) is 8.45. The Morgan fingerprint density at radius 2 is 2.13 bits per heavy atom. The molecule has 0 bridgehead atoms. The van der Waals surface area contributed by atoms with Crippen molar-refractivity contribution in [2.24, 2.45) is 0 Å². The molecule has 0 saturated carbocycles. The lowest BCUT2D eigenvalue weighted by Crippen LogP contribution is -2.13. The van der Waals surface area contributed by atoms with Gasteiger partial charge in [-0.15, -0.1) is 0 Å². The van der Waals surface area contributed by atoms with Crippen LogP contribution in [0, 0.1) is 0 Å². The van der Waals surface area contributed by atoms with Crippen LogP contribution in [0.2, 0.25) is 5.02 Å². The van der Waals surface area contributed by atoms with E-state index in [4.69, 9.17) is 21.1 Å². The van der Waals surface area contributed by atoms with Crippen LogP contribution in [0.1, 0.15) is 26.3 Å². The highest BCUT2D eigenvalue weighted by Gasteiger charge is 2.21. The molecule has 23 heavy (non-hydrogen) atoms. The molecule has 1 aromatic heterocycles. The molecule has 6 heteroatoms. The highest BCUT2D eigenvalue weighted by molar-refractivity contribution is 6.32. The molecule has 2 aromatic rings. The summed E-state index contributed by atoms with van der Waals surface area (Å²) in [5, 5.41) is 3.94. The molecule has 1 aromatic carbocycles. The third kappa shape index (κ3) is 3.31. The Morgan fingerprint density at radius 1 is 1.30 bits per heavy atom. The van der Waals surface area contributed by atoms with Crippen LogP contribution in [0.15, 0.2) is 24.5 Å². The topological polar surface area (TPSA) is 48.3 Å². The van der Waals surface area contributed by atoms with Gasteiger partial charge in [-0.25, -0.2) is 4.98 Å². The fraction of sp³-hybridized carbons (Fsp3) is 0.471. The summed E-state index contributed by atoms with van der Waals surface area (Å²) in [6.45, 7) is 6.98. The van der Waals surface area contributed by atoms with E-state index in [1.54, 1.807) is 0 Å². The largest absolute Gasteiger partial charge is 0.490 e. The van der Waals surface area contributed by atoms with E-state index in [0.717, 1.165) is 30.9 Å². The smallest absolute Gasteiger partial charge is 0.179 e. The second-order valence-electron chi connectivity index (χ2n) is 5.46. The highest BCUT2D eigenvalue weighted by atomic mass is 35.5. The zero-order chi connectivity index (χ0) is 16.2. The number of halogens is 1. The van der Waals surface area contributed by atoms with Crippen LogP contribution in [-0.4, -0.2) is 35.9 Å². The van der Waals surface area contributed by atoms with Crippen molar-refractivity contribution in [3.63, 3.8) is 0 Å². The molecule has 0 spiro atoms. The van der Waals surface area contributed by atoms with Gasteiger partial charge in [0, 0.05) is 30.5 Å². The van der Waals surface area contributed by atoms with Crippen molar-refractivity contribution in [1.29, 1.82) is 0 Å². The van der Waals surface area contributed by atoms with Crippen molar-refractivity contribution in [3.8, 4) is 22.9 Å². The van der Waals surface area contributed by atoms with Gasteiger partial charge in [-0.05, 0) is 38.9 Å². The Hall–Kier alpha value is -1.72. The fourth-order valence-electron chi connectivity index (χ4n) is 2.95. The number of hydrogen-bond acceptors (Lipinski definition) is 4. The second-order valence-corrected chi connectivity index (χ2v) is 5.86. The molecule has 1 fully saturated rings. The van der Waals surface area contributed by atoms with E-state index >= 15 is 0 Å². The molecule has 1 aliphatic rings. The minimum Gasteiger partial charge on any atom is -0.490 e. The summed E-state index contributed by atoms with van der Waals surface area (Å²) in [7, 11) is 0. The summed E-state index contributed by atoms with van der Waals surface area (Å²) in [5.74, 6) is 2.17. The molecule has 1 atom stereocenters. The minimum absolute atomic E-state index is 0.424. The van der Waals surface area contributed by atoms with E-state index in [1.807, 2.05) is 38.4 Å². The van der Waals surface area contributed by atoms with Crippen molar-refractivity contribution in [3.05, 3.63) is 29.5 Å². The predicted octanol–water partition coefficient (Wildman–Crippen LogP) is 3.54. The van der Waals surface area contributed by atoms with E-state index in [-0.39, 0.29) is 0 Å². The average Bonchev–Trinajstić information content (AvgIpc) is 3.20. The average molecular weight is 336 g/mol. The van der Waals surface area contributed by atoms with E-state index in [1.165, 1.54) is 0 Å². The summed E-state index contributed by atoms with van der Waals surface area (Å²) in [6, 6.07) is 4.28. The Balaban J connectivity index is 2.01. The molecule has 1 saturated heterocycles. The van der Waals surface area contributed by atoms with Gasteiger partial charge in [-0.1, -0.05) is 11.6 Å². The normalized spacial score (nSPS) is 17.4. The Labute approximate surface area is 141 Å². The molecule has 2 heterocycles. The monoisotopic (exact) mass is 335 g/mol. The van der Waals surface area contributed by atoms with E-state index in [0.29, 0.717) is 35.8 Å². The first kappa shape index (κ1) is 16.1. The van der Waals surface area contributed by atoms with Gasteiger partial charge in [0.1, 0.15) is 5.82 Å². The molecule has 5 nitrogen and oxygen atoms in total. The lowest BCUT2D eigenvalue weighted by Gasteiger charge is -2.17. The van der Waals surface area contributed by atoms with Crippen molar-refractivity contribution >= 4 is 11.6 Å². The molecule has 1 N–H and O–H groups in total. The Bertz CT molecular complexity index is 666. The van der Waals surface area contributed by atoms with Gasteiger partial charge >= 0.3 is 0 Å². The fourth-order valence-corrected chi connectivity index (χ4v) is 3.22. The quantitative estimate of drug-likeness (QED) is 0.877. The van der Waals surface area contributed by atoms with E-state index in [2.05, 4.69) is 14.9 Å². The highest BCUT2D eigenvalue weighted by Crippen LogP contribution is 2.40. The maximum atomic E-state index is 6.42. The second kappa shape index (κ2) is 7.23. The van der Waals surface area contributed by atoms with Crippen LogP contribution < -0.4 is 14.8 Å². The van der Waals surface area contributed by atoms with Crippen molar-refractivity contribution in [2.45, 2.75) is 26.3 Å². The zero-order valence-corrected chi connectivity index (χ0v) is 14.3. The number of ether oxygens (including phenoxy) is 2. The lowest BCUT2D eigenvalue weighted by molar-refractivity contribution is 0.288. The number of nitrogens with zero attached hydrogens (tertiary/aromatic N) is 2. The van der Waals surface area contributed by atoms with Crippen LogP contribution >= 0.6 is 11.6 Å². The zero-order valence-electron chi connectivity index (χ0n) is 13.5. The lowest BCUT2D eigenvalue weighted by atomic mass is 10.1. The SMILES string of the molecule is CCOc1cc(-c2nccn2[C@H]2CCNC2)cc(Cl)c1OCC. The summed E-state index contributed by atoms with van der Waals surface area (Å²) >= 11 is 6.42. The summed E-state index contributed by atoms with van der Waals surface area (Å²) < 4.78 is 13.6. The van der Waals surface area contributed by atoms with E-state index in [9.17, 15) is 0 Å². The number of aromatic nitrogens is 2. The van der Waals surface area contributed by atoms with Crippen LogP contribution in [0.25, 0.3) is 11.4 Å². The standard InChI is InChI=1S/C17H22ClN3O2/c1-3-22-15-10-12(9-14(18)16(15)23-4-2)17-20-7-8-21(17)13-5-6-19-11-13/h7-10,13,19H,3-6,11H2,1-2H3/t13-/m0/s1. The summed E-state index contributed by atoms with van der Waals surface area (Å²) in [5.41, 5.74) is 0.943. The molecule has 3 rings (SSSR count). The maximum Gasteiger partial charge on any atom is 0.179 e. The van der Waals surface area contributed by atoms with Crippen LogP contribution in [0.4, 0.5) is 0 Å². The van der Waals surface area contributed by atoms with Gasteiger partial charge in [-0.2, -0.15) is 0 Å². The maximum absolute atomic E-state index is 6.42. The molecule has 0 radical (unpaired) electrons. The molecule has 124 valence electrons. The van der Waals surface area contributed by atoms with Gasteiger partial charge in [-0.3, -0.25) is 0 Å².